The number of aryl methyl sites for hydroxylation is 1. The molecule has 1 amide bonds. The molecule has 0 radical (unpaired) electrons. The van der Waals surface area contributed by atoms with E-state index in [1.807, 2.05) is 48.7 Å². The number of hydrogen-bond donors (Lipinski definition) is 1. The van der Waals surface area contributed by atoms with Gasteiger partial charge in [-0.3, -0.25) is 14.2 Å². The molecular formula is C34H27F2N3O4S2. The Balaban J connectivity index is 1.38. The first-order valence-electron chi connectivity index (χ1n) is 13.9. The number of para-hydroxylation sites is 1. The van der Waals surface area contributed by atoms with Gasteiger partial charge in [0.25, 0.3) is 11.5 Å². The van der Waals surface area contributed by atoms with Crippen molar-refractivity contribution in [2.45, 2.75) is 26.5 Å². The summed E-state index contributed by atoms with van der Waals surface area (Å²) in [6.45, 7) is 3.65. The lowest BCUT2D eigenvalue weighted by molar-refractivity contribution is -0.113. The highest BCUT2D eigenvalue weighted by molar-refractivity contribution is 7.10. The van der Waals surface area contributed by atoms with Crippen LogP contribution in [0, 0.1) is 18.6 Å². The fourth-order valence-corrected chi connectivity index (χ4v) is 7.00. The summed E-state index contributed by atoms with van der Waals surface area (Å²) in [5.74, 6) is -1.42. The van der Waals surface area contributed by atoms with Crippen molar-refractivity contribution in [1.29, 1.82) is 0 Å². The number of thiazole rings is 1. The van der Waals surface area contributed by atoms with Crippen LogP contribution < -0.4 is 29.7 Å². The van der Waals surface area contributed by atoms with Gasteiger partial charge in [0.15, 0.2) is 16.4 Å². The first-order valence-corrected chi connectivity index (χ1v) is 15.6. The molecule has 6 rings (SSSR count). The molecule has 0 spiro atoms. The summed E-state index contributed by atoms with van der Waals surface area (Å²) in [5, 5.41) is 4.92. The predicted molar refractivity (Wildman–Crippen MR) is 172 cm³/mol. The average molecular weight is 644 g/mol. The minimum atomic E-state index is -0.811. The molecule has 0 saturated heterocycles. The summed E-state index contributed by atoms with van der Waals surface area (Å²) in [7, 11) is 1.51. The summed E-state index contributed by atoms with van der Waals surface area (Å²) in [6.07, 6.45) is 1.74. The molecule has 45 heavy (non-hydrogen) atoms. The molecule has 1 atom stereocenters. The van der Waals surface area contributed by atoms with Crippen LogP contribution in [0.3, 0.4) is 0 Å². The second-order valence-electron chi connectivity index (χ2n) is 10.3. The van der Waals surface area contributed by atoms with Crippen molar-refractivity contribution in [3.8, 4) is 11.5 Å². The van der Waals surface area contributed by atoms with Gasteiger partial charge in [0, 0.05) is 22.2 Å². The highest BCUT2D eigenvalue weighted by atomic mass is 32.1. The summed E-state index contributed by atoms with van der Waals surface area (Å²) >= 11 is 2.69. The zero-order valence-corrected chi connectivity index (χ0v) is 26.1. The number of ether oxygens (including phenoxy) is 2. The first-order chi connectivity index (χ1) is 21.7. The van der Waals surface area contributed by atoms with Crippen molar-refractivity contribution >= 4 is 40.3 Å². The standard InChI is InChI=1S/C34H27F2N3O4S2/c1-19-7-4-5-8-25(19)38-32(40)30-20(2)37-34-39(31(30)28-9-6-14-44-28)33(41)29(45-34)16-21-10-12-26(42-3)22(15-21)18-43-27-13-11-23(35)17-24(27)36/h4-17,31H,18H2,1-3H3,(H,38,40)/b29-16+/t31-/m0/s1. The van der Waals surface area contributed by atoms with Gasteiger partial charge < -0.3 is 14.8 Å². The quantitative estimate of drug-likeness (QED) is 0.221. The van der Waals surface area contributed by atoms with Crippen LogP contribution in [0.15, 0.2) is 99.2 Å². The molecule has 3 heterocycles. The number of nitrogens with one attached hydrogen (secondary N) is 1. The Bertz CT molecular complexity index is 2140. The van der Waals surface area contributed by atoms with Gasteiger partial charge in [-0.25, -0.2) is 13.8 Å². The van der Waals surface area contributed by atoms with Crippen molar-refractivity contribution in [3.63, 3.8) is 0 Å². The molecule has 0 unspecified atom stereocenters. The van der Waals surface area contributed by atoms with Gasteiger partial charge in [-0.15, -0.1) is 11.3 Å². The zero-order valence-electron chi connectivity index (χ0n) is 24.5. The Morgan fingerprint density at radius 2 is 1.84 bits per heavy atom. The topological polar surface area (TPSA) is 81.9 Å². The van der Waals surface area contributed by atoms with Crippen LogP contribution in [0.2, 0.25) is 0 Å². The van der Waals surface area contributed by atoms with Crippen LogP contribution in [0.25, 0.3) is 6.08 Å². The highest BCUT2D eigenvalue weighted by Gasteiger charge is 2.33. The molecular weight excluding hydrogens is 617 g/mol. The number of hydrogen-bond acceptors (Lipinski definition) is 7. The van der Waals surface area contributed by atoms with Crippen LogP contribution in [-0.2, 0) is 11.4 Å². The molecule has 0 saturated carbocycles. The Morgan fingerprint density at radius 1 is 1.04 bits per heavy atom. The van der Waals surface area contributed by atoms with Gasteiger partial charge in [-0.05, 0) is 72.8 Å². The number of carbonyl (C=O) groups is 1. The summed E-state index contributed by atoms with van der Waals surface area (Å²) < 4.78 is 40.5. The molecule has 0 fully saturated rings. The van der Waals surface area contributed by atoms with Crippen molar-refractivity contribution in [2.75, 3.05) is 12.4 Å². The summed E-state index contributed by atoms with van der Waals surface area (Å²) in [6, 6.07) is 19.1. The van der Waals surface area contributed by atoms with E-state index in [-0.39, 0.29) is 23.8 Å². The van der Waals surface area contributed by atoms with Gasteiger partial charge in [0.1, 0.15) is 24.2 Å². The van der Waals surface area contributed by atoms with Gasteiger partial charge >= 0.3 is 0 Å². The maximum Gasteiger partial charge on any atom is 0.271 e. The number of fused-ring (bicyclic) bond motifs is 1. The third-order valence-corrected chi connectivity index (χ3v) is 9.26. The molecule has 228 valence electrons. The third-order valence-electron chi connectivity index (χ3n) is 7.35. The van der Waals surface area contributed by atoms with Crippen LogP contribution in [0.5, 0.6) is 11.5 Å². The number of nitrogens with zero attached hydrogens (tertiary/aromatic N) is 2. The second-order valence-corrected chi connectivity index (χ2v) is 12.3. The van der Waals surface area contributed by atoms with Gasteiger partial charge in [-0.2, -0.15) is 0 Å². The Kier molecular flexibility index (Phi) is 8.46. The number of anilines is 1. The molecule has 5 aromatic rings. The molecule has 11 heteroatoms. The van der Waals surface area contributed by atoms with Gasteiger partial charge in [0.05, 0.1) is 22.9 Å². The van der Waals surface area contributed by atoms with Crippen molar-refractivity contribution < 1.29 is 23.0 Å². The van der Waals surface area contributed by atoms with E-state index in [2.05, 4.69) is 5.32 Å². The van der Waals surface area contributed by atoms with Crippen molar-refractivity contribution in [2.24, 2.45) is 4.99 Å². The number of benzene rings is 3. The fourth-order valence-electron chi connectivity index (χ4n) is 5.13. The zero-order chi connectivity index (χ0) is 31.7. The number of carbonyl (C=O) groups excluding carboxylic acids is 1. The molecule has 2 aromatic heterocycles. The molecule has 1 N–H and O–H groups in total. The smallest absolute Gasteiger partial charge is 0.271 e. The number of thiophene rings is 1. The molecule has 0 aliphatic carbocycles. The summed E-state index contributed by atoms with van der Waals surface area (Å²) in [5.41, 5.74) is 3.53. The predicted octanol–water partition coefficient (Wildman–Crippen LogP) is 6.11. The largest absolute Gasteiger partial charge is 0.496 e. The van der Waals surface area contributed by atoms with E-state index >= 15 is 0 Å². The Hall–Kier alpha value is -4.87. The second kappa shape index (κ2) is 12.6. The molecule has 1 aliphatic heterocycles. The molecule has 0 bridgehead atoms. The van der Waals surface area contributed by atoms with E-state index in [1.54, 1.807) is 35.8 Å². The first kappa shape index (κ1) is 30.2. The number of allylic oxidation sites excluding steroid dienone is 1. The average Bonchev–Trinajstić information content (AvgIpc) is 3.65. The van der Waals surface area contributed by atoms with E-state index in [4.69, 9.17) is 14.5 Å². The summed E-state index contributed by atoms with van der Waals surface area (Å²) in [4.78, 5) is 33.8. The normalized spacial score (nSPS) is 14.6. The number of methoxy groups -OCH3 is 1. The van der Waals surface area contributed by atoms with E-state index in [0.29, 0.717) is 43.2 Å². The van der Waals surface area contributed by atoms with E-state index < -0.39 is 17.7 Å². The van der Waals surface area contributed by atoms with Crippen LogP contribution in [-0.4, -0.2) is 17.6 Å². The number of amides is 1. The molecule has 1 aliphatic rings. The maximum absolute atomic E-state index is 14.1. The van der Waals surface area contributed by atoms with E-state index in [0.717, 1.165) is 22.6 Å². The third kappa shape index (κ3) is 6.09. The van der Waals surface area contributed by atoms with E-state index in [1.165, 1.54) is 35.8 Å². The monoisotopic (exact) mass is 643 g/mol. The van der Waals surface area contributed by atoms with Crippen LogP contribution >= 0.6 is 22.7 Å². The van der Waals surface area contributed by atoms with Gasteiger partial charge in [-0.1, -0.05) is 41.7 Å². The lowest BCUT2D eigenvalue weighted by Crippen LogP contribution is -2.40. The lowest BCUT2D eigenvalue weighted by Gasteiger charge is -2.24. The Labute approximate surface area is 265 Å². The van der Waals surface area contributed by atoms with Crippen molar-refractivity contribution in [3.05, 3.63) is 142 Å². The number of halogens is 2. The highest BCUT2D eigenvalue weighted by Crippen LogP contribution is 2.33. The lowest BCUT2D eigenvalue weighted by atomic mass is 10.0. The van der Waals surface area contributed by atoms with Gasteiger partial charge in [0.2, 0.25) is 0 Å². The SMILES string of the molecule is COc1ccc(/C=c2/sc3n(c2=O)[C@@H](c2cccs2)C(C(=O)Nc2ccccc2C)=C(C)N=3)cc1COc1ccc(F)cc1F. The number of aromatic nitrogens is 1. The fraction of sp³-hybridized carbons (Fsp3) is 0.147. The maximum atomic E-state index is 14.1. The van der Waals surface area contributed by atoms with Crippen LogP contribution in [0.1, 0.15) is 34.5 Å². The number of rotatable bonds is 8. The minimum absolute atomic E-state index is 0.0500. The van der Waals surface area contributed by atoms with Crippen molar-refractivity contribution in [1.82, 2.24) is 4.57 Å². The molecule has 3 aromatic carbocycles. The van der Waals surface area contributed by atoms with Crippen LogP contribution in [0.4, 0.5) is 14.5 Å². The van der Waals surface area contributed by atoms with E-state index in [9.17, 15) is 18.4 Å². The molecule has 7 nitrogen and oxygen atoms in total. The minimum Gasteiger partial charge on any atom is -0.496 e. The Morgan fingerprint density at radius 3 is 2.58 bits per heavy atom.